The number of hydrogen-bond acceptors (Lipinski definition) is 4. The second-order valence-corrected chi connectivity index (χ2v) is 6.49. The first-order valence-corrected chi connectivity index (χ1v) is 8.18. The predicted octanol–water partition coefficient (Wildman–Crippen LogP) is 2.40. The maximum Gasteiger partial charge on any atom is 0.123 e. The van der Waals surface area contributed by atoms with Crippen molar-refractivity contribution in [3.05, 3.63) is 47.8 Å². The van der Waals surface area contributed by atoms with Crippen molar-refractivity contribution in [3.8, 4) is 5.75 Å². The van der Waals surface area contributed by atoms with Gasteiger partial charge >= 0.3 is 0 Å². The molecule has 2 aromatic rings. The summed E-state index contributed by atoms with van der Waals surface area (Å²) in [6.45, 7) is 3.96. The van der Waals surface area contributed by atoms with Crippen molar-refractivity contribution in [1.29, 1.82) is 0 Å². The summed E-state index contributed by atoms with van der Waals surface area (Å²) in [5.74, 6) is 0.969. The lowest BCUT2D eigenvalue weighted by atomic mass is 10.1. The van der Waals surface area contributed by atoms with Crippen LogP contribution in [0.2, 0.25) is 0 Å². The fraction of sp³-hybridized carbons (Fsp3) is 0.500. The highest BCUT2D eigenvalue weighted by Gasteiger charge is 2.25. The first-order chi connectivity index (χ1) is 11.2. The molecule has 0 bridgehead atoms. The van der Waals surface area contributed by atoms with E-state index in [1.54, 1.807) is 7.11 Å². The summed E-state index contributed by atoms with van der Waals surface area (Å²) in [4.78, 5) is 4.73. The van der Waals surface area contributed by atoms with Crippen LogP contribution in [0, 0.1) is 0 Å². The number of hydrogen-bond donors (Lipinski definition) is 0. The van der Waals surface area contributed by atoms with Crippen molar-refractivity contribution in [1.82, 2.24) is 19.6 Å². The molecule has 0 aliphatic carbocycles. The summed E-state index contributed by atoms with van der Waals surface area (Å²) < 4.78 is 7.71. The van der Waals surface area contributed by atoms with E-state index in [0.29, 0.717) is 6.04 Å². The Hall–Kier alpha value is -1.85. The van der Waals surface area contributed by atoms with Gasteiger partial charge < -0.3 is 9.64 Å². The number of para-hydroxylation sites is 1. The van der Waals surface area contributed by atoms with Gasteiger partial charge in [0.2, 0.25) is 0 Å². The number of fused-ring (bicyclic) bond motifs is 1. The van der Waals surface area contributed by atoms with Gasteiger partial charge in [0.15, 0.2) is 0 Å². The van der Waals surface area contributed by atoms with E-state index in [2.05, 4.69) is 51.9 Å². The van der Waals surface area contributed by atoms with Gasteiger partial charge in [0, 0.05) is 31.4 Å². The molecule has 0 radical (unpaired) electrons. The minimum atomic E-state index is 0.436. The van der Waals surface area contributed by atoms with E-state index >= 15 is 0 Å². The SMILES string of the molecule is COc1ccccc1CN1Cc2ccnn2[C@H](CCN(C)C)C1. The Morgan fingerprint density at radius 3 is 2.87 bits per heavy atom. The summed E-state index contributed by atoms with van der Waals surface area (Å²) in [6, 6.07) is 10.9. The fourth-order valence-electron chi connectivity index (χ4n) is 3.28. The Labute approximate surface area is 138 Å². The number of aromatic nitrogens is 2. The normalized spacial score (nSPS) is 18.2. The lowest BCUT2D eigenvalue weighted by Gasteiger charge is -2.34. The highest BCUT2D eigenvalue weighted by Crippen LogP contribution is 2.26. The van der Waals surface area contributed by atoms with Crippen LogP contribution in [0.15, 0.2) is 36.5 Å². The zero-order chi connectivity index (χ0) is 16.2. The van der Waals surface area contributed by atoms with Gasteiger partial charge in [-0.05, 0) is 39.2 Å². The number of ether oxygens (including phenoxy) is 1. The summed E-state index contributed by atoms with van der Waals surface area (Å²) in [7, 11) is 5.99. The number of nitrogens with zero attached hydrogens (tertiary/aromatic N) is 4. The standard InChI is InChI=1S/C18H26N4O/c1-20(2)11-9-17-14-21(13-16-8-10-19-22(16)17)12-15-6-4-5-7-18(15)23-3/h4-8,10,17H,9,11-14H2,1-3H3/t17-/m1/s1. The molecular weight excluding hydrogens is 288 g/mol. The van der Waals surface area contributed by atoms with E-state index in [1.807, 2.05) is 18.3 Å². The second kappa shape index (κ2) is 7.15. The molecule has 0 amide bonds. The van der Waals surface area contributed by atoms with Gasteiger partial charge in [-0.1, -0.05) is 18.2 Å². The zero-order valence-electron chi connectivity index (χ0n) is 14.3. The maximum atomic E-state index is 5.50. The molecule has 0 saturated heterocycles. The summed E-state index contributed by atoms with van der Waals surface area (Å²) >= 11 is 0. The molecule has 0 N–H and O–H groups in total. The molecule has 1 aromatic carbocycles. The van der Waals surface area contributed by atoms with Crippen LogP contribution in [0.25, 0.3) is 0 Å². The van der Waals surface area contributed by atoms with E-state index in [-0.39, 0.29) is 0 Å². The molecule has 1 aliphatic rings. The van der Waals surface area contributed by atoms with Gasteiger partial charge in [-0.15, -0.1) is 0 Å². The van der Waals surface area contributed by atoms with Gasteiger partial charge in [0.25, 0.3) is 0 Å². The van der Waals surface area contributed by atoms with Gasteiger partial charge in [0.05, 0.1) is 18.8 Å². The van der Waals surface area contributed by atoms with Crippen molar-refractivity contribution in [2.75, 3.05) is 34.3 Å². The summed E-state index contributed by atoms with van der Waals surface area (Å²) in [5.41, 5.74) is 2.55. The van der Waals surface area contributed by atoms with Crippen LogP contribution in [0.3, 0.4) is 0 Å². The molecule has 3 rings (SSSR count). The van der Waals surface area contributed by atoms with Gasteiger partial charge in [-0.3, -0.25) is 9.58 Å². The largest absolute Gasteiger partial charge is 0.496 e. The number of methoxy groups -OCH3 is 1. The molecule has 0 unspecified atom stereocenters. The Balaban J connectivity index is 1.74. The maximum absolute atomic E-state index is 5.50. The summed E-state index contributed by atoms with van der Waals surface area (Å²) in [5, 5.41) is 4.54. The first-order valence-electron chi connectivity index (χ1n) is 8.18. The van der Waals surface area contributed by atoms with Crippen molar-refractivity contribution < 1.29 is 4.74 Å². The van der Waals surface area contributed by atoms with E-state index in [0.717, 1.165) is 38.3 Å². The molecule has 1 aliphatic heterocycles. The third kappa shape index (κ3) is 3.74. The quantitative estimate of drug-likeness (QED) is 0.820. The van der Waals surface area contributed by atoms with Crippen LogP contribution in [0.4, 0.5) is 0 Å². The highest BCUT2D eigenvalue weighted by atomic mass is 16.5. The fourth-order valence-corrected chi connectivity index (χ4v) is 3.28. The average Bonchev–Trinajstić information content (AvgIpc) is 3.01. The van der Waals surface area contributed by atoms with E-state index in [4.69, 9.17) is 4.74 Å². The predicted molar refractivity (Wildman–Crippen MR) is 91.5 cm³/mol. The Kier molecular flexibility index (Phi) is 4.98. The molecule has 0 spiro atoms. The van der Waals surface area contributed by atoms with Crippen LogP contribution >= 0.6 is 0 Å². The van der Waals surface area contributed by atoms with Crippen LogP contribution < -0.4 is 4.74 Å². The van der Waals surface area contributed by atoms with E-state index in [1.165, 1.54) is 11.3 Å². The number of rotatable bonds is 6. The third-order valence-corrected chi connectivity index (χ3v) is 4.45. The number of benzene rings is 1. The average molecular weight is 314 g/mol. The minimum absolute atomic E-state index is 0.436. The molecule has 1 atom stereocenters. The van der Waals surface area contributed by atoms with Gasteiger partial charge in [0.1, 0.15) is 5.75 Å². The van der Waals surface area contributed by atoms with Gasteiger partial charge in [-0.25, -0.2) is 0 Å². The minimum Gasteiger partial charge on any atom is -0.496 e. The van der Waals surface area contributed by atoms with E-state index in [9.17, 15) is 0 Å². The Bertz CT molecular complexity index is 637. The monoisotopic (exact) mass is 314 g/mol. The smallest absolute Gasteiger partial charge is 0.123 e. The van der Waals surface area contributed by atoms with Crippen LogP contribution in [0.1, 0.15) is 23.7 Å². The van der Waals surface area contributed by atoms with Crippen LogP contribution in [0.5, 0.6) is 5.75 Å². The highest BCUT2D eigenvalue weighted by molar-refractivity contribution is 5.33. The first kappa shape index (κ1) is 16.0. The Morgan fingerprint density at radius 2 is 2.09 bits per heavy atom. The van der Waals surface area contributed by atoms with Gasteiger partial charge in [-0.2, -0.15) is 5.10 Å². The van der Waals surface area contributed by atoms with Crippen LogP contribution in [-0.4, -0.2) is 53.9 Å². The third-order valence-electron chi connectivity index (χ3n) is 4.45. The summed E-state index contributed by atoms with van der Waals surface area (Å²) in [6.07, 6.45) is 3.04. The zero-order valence-corrected chi connectivity index (χ0v) is 14.3. The Morgan fingerprint density at radius 1 is 1.26 bits per heavy atom. The molecule has 0 fully saturated rings. The molecular formula is C18H26N4O. The molecule has 2 heterocycles. The molecule has 5 heteroatoms. The topological polar surface area (TPSA) is 33.5 Å². The van der Waals surface area contributed by atoms with Crippen LogP contribution in [-0.2, 0) is 13.1 Å². The van der Waals surface area contributed by atoms with Crippen molar-refractivity contribution in [2.45, 2.75) is 25.6 Å². The van der Waals surface area contributed by atoms with Crippen molar-refractivity contribution in [2.24, 2.45) is 0 Å². The molecule has 1 aromatic heterocycles. The lowest BCUT2D eigenvalue weighted by Crippen LogP contribution is -2.38. The molecule has 23 heavy (non-hydrogen) atoms. The second-order valence-electron chi connectivity index (χ2n) is 6.49. The molecule has 124 valence electrons. The van der Waals surface area contributed by atoms with Crippen molar-refractivity contribution in [3.63, 3.8) is 0 Å². The lowest BCUT2D eigenvalue weighted by molar-refractivity contribution is 0.153. The van der Waals surface area contributed by atoms with Crippen molar-refractivity contribution >= 4 is 0 Å². The molecule has 0 saturated carbocycles. The van der Waals surface area contributed by atoms with E-state index < -0.39 is 0 Å². The molecule has 5 nitrogen and oxygen atoms in total.